The van der Waals surface area contributed by atoms with Crippen LogP contribution in [-0.2, 0) is 9.63 Å². The lowest BCUT2D eigenvalue weighted by atomic mass is 9.92. The van der Waals surface area contributed by atoms with E-state index in [-0.39, 0.29) is 11.8 Å². The van der Waals surface area contributed by atoms with E-state index in [0.717, 1.165) is 11.1 Å². The Morgan fingerprint density at radius 1 is 1.41 bits per heavy atom. The quantitative estimate of drug-likeness (QED) is 0.578. The molecule has 1 aromatic rings. The van der Waals surface area contributed by atoms with Crippen molar-refractivity contribution in [3.8, 4) is 0 Å². The van der Waals surface area contributed by atoms with Crippen LogP contribution >= 0.6 is 0 Å². The Balaban J connectivity index is 2.96. The Bertz CT molecular complexity index is 386. The van der Waals surface area contributed by atoms with Gasteiger partial charge in [-0.2, -0.15) is 0 Å². The molecule has 0 aliphatic heterocycles. The summed E-state index contributed by atoms with van der Waals surface area (Å²) in [5.74, 6) is -0.277. The second-order valence-corrected chi connectivity index (χ2v) is 4.14. The number of carbonyl (C=O) groups excluding carboxylic acids is 1. The molecule has 1 aromatic carbocycles. The molecule has 0 fully saturated rings. The molecule has 0 N–H and O–H groups in total. The molecule has 1 rings (SSSR count). The summed E-state index contributed by atoms with van der Waals surface area (Å²) in [7, 11) is 3.11. The highest BCUT2D eigenvalue weighted by atomic mass is 16.7. The van der Waals surface area contributed by atoms with E-state index >= 15 is 0 Å². The van der Waals surface area contributed by atoms with Crippen LogP contribution in [0.3, 0.4) is 0 Å². The monoisotopic (exact) mass is 233 g/mol. The maximum Gasteiger partial charge on any atom is 0.253 e. The Morgan fingerprint density at radius 3 is 2.47 bits per heavy atom. The number of amides is 1. The third-order valence-corrected chi connectivity index (χ3v) is 2.64. The molecule has 3 nitrogen and oxygen atoms in total. The van der Waals surface area contributed by atoms with Crippen LogP contribution in [0.15, 0.2) is 42.5 Å². The van der Waals surface area contributed by atoms with Gasteiger partial charge in [-0.25, -0.2) is 5.06 Å². The number of allylic oxidation sites excluding steroid dienone is 1. The fraction of sp³-hybridized carbons (Fsp3) is 0.357. The number of hydrogen-bond donors (Lipinski definition) is 0. The zero-order valence-electron chi connectivity index (χ0n) is 10.6. The Morgan fingerprint density at radius 2 is 2.00 bits per heavy atom. The van der Waals surface area contributed by atoms with E-state index in [1.54, 1.807) is 7.05 Å². The van der Waals surface area contributed by atoms with Crippen LogP contribution < -0.4 is 0 Å². The average Bonchev–Trinajstić information content (AvgIpc) is 2.35. The molecule has 1 unspecified atom stereocenters. The van der Waals surface area contributed by atoms with Crippen LogP contribution in [0.2, 0.25) is 0 Å². The predicted octanol–water partition coefficient (Wildman–Crippen LogP) is 2.76. The van der Waals surface area contributed by atoms with Crippen LogP contribution in [0, 0.1) is 0 Å². The zero-order chi connectivity index (χ0) is 12.8. The third-order valence-electron chi connectivity index (χ3n) is 2.64. The van der Waals surface area contributed by atoms with Crippen LogP contribution in [0.4, 0.5) is 0 Å². The van der Waals surface area contributed by atoms with Crippen LogP contribution in [0.25, 0.3) is 0 Å². The molecule has 0 bridgehead atoms. The smallest absolute Gasteiger partial charge is 0.253 e. The lowest BCUT2D eigenvalue weighted by molar-refractivity contribution is -0.170. The van der Waals surface area contributed by atoms with Crippen molar-refractivity contribution in [2.75, 3.05) is 14.2 Å². The molecule has 0 aliphatic rings. The first kappa shape index (κ1) is 13.5. The van der Waals surface area contributed by atoms with E-state index in [1.807, 2.05) is 37.3 Å². The zero-order valence-corrected chi connectivity index (χ0v) is 10.6. The van der Waals surface area contributed by atoms with E-state index in [2.05, 4.69) is 6.58 Å². The molecule has 0 heterocycles. The number of hydrogen-bond acceptors (Lipinski definition) is 2. The lowest BCUT2D eigenvalue weighted by Crippen LogP contribution is -2.31. The van der Waals surface area contributed by atoms with E-state index in [4.69, 9.17) is 4.84 Å². The molecular weight excluding hydrogens is 214 g/mol. The van der Waals surface area contributed by atoms with Gasteiger partial charge in [-0.1, -0.05) is 35.9 Å². The summed E-state index contributed by atoms with van der Waals surface area (Å²) in [5.41, 5.74) is 1.97. The van der Waals surface area contributed by atoms with E-state index in [9.17, 15) is 4.79 Å². The Labute approximate surface area is 103 Å². The van der Waals surface area contributed by atoms with Crippen molar-refractivity contribution in [3.63, 3.8) is 0 Å². The summed E-state index contributed by atoms with van der Waals surface area (Å²) in [6, 6.07) is 9.71. The minimum Gasteiger partial charge on any atom is -0.275 e. The number of carbonyl (C=O) groups is 1. The van der Waals surface area contributed by atoms with Crippen molar-refractivity contribution in [3.05, 3.63) is 48.0 Å². The van der Waals surface area contributed by atoms with Gasteiger partial charge in [0.1, 0.15) is 0 Å². The van der Waals surface area contributed by atoms with Gasteiger partial charge in [0.2, 0.25) is 0 Å². The number of rotatable bonds is 5. The summed E-state index contributed by atoms with van der Waals surface area (Å²) < 4.78 is 0. The highest BCUT2D eigenvalue weighted by molar-refractivity contribution is 5.83. The largest absolute Gasteiger partial charge is 0.275 e. The summed E-state index contributed by atoms with van der Waals surface area (Å²) in [6.45, 7) is 5.80. The first-order chi connectivity index (χ1) is 8.06. The van der Waals surface area contributed by atoms with Gasteiger partial charge in [-0.3, -0.25) is 9.63 Å². The number of benzene rings is 1. The number of likely N-dealkylation sites (N-methyl/N-ethyl adjacent to an activating group) is 1. The van der Waals surface area contributed by atoms with Crippen molar-refractivity contribution >= 4 is 5.91 Å². The van der Waals surface area contributed by atoms with Crippen LogP contribution in [-0.4, -0.2) is 25.1 Å². The van der Waals surface area contributed by atoms with Gasteiger partial charge in [0.15, 0.2) is 0 Å². The second-order valence-electron chi connectivity index (χ2n) is 4.14. The van der Waals surface area contributed by atoms with E-state index in [1.165, 1.54) is 12.2 Å². The predicted molar refractivity (Wildman–Crippen MR) is 68.4 cm³/mol. The van der Waals surface area contributed by atoms with Crippen LogP contribution in [0.5, 0.6) is 0 Å². The lowest BCUT2D eigenvalue weighted by Gasteiger charge is -2.22. The molecule has 3 heteroatoms. The maximum absolute atomic E-state index is 12.2. The van der Waals surface area contributed by atoms with Crippen molar-refractivity contribution in [1.82, 2.24) is 5.06 Å². The highest BCUT2D eigenvalue weighted by Crippen LogP contribution is 2.24. The summed E-state index contributed by atoms with van der Waals surface area (Å²) in [6.07, 6.45) is 0.635. The van der Waals surface area contributed by atoms with Crippen molar-refractivity contribution in [2.45, 2.75) is 19.3 Å². The normalized spacial score (nSPS) is 11.9. The van der Waals surface area contributed by atoms with Gasteiger partial charge >= 0.3 is 0 Å². The maximum atomic E-state index is 12.2. The first-order valence-electron chi connectivity index (χ1n) is 5.57. The van der Waals surface area contributed by atoms with Gasteiger partial charge in [0, 0.05) is 7.05 Å². The standard InChI is InChI=1S/C14H19NO2/c1-11(2)10-13(14(16)15(3)17-4)12-8-6-5-7-9-12/h5-9,13H,1,10H2,2-4H3. The Hall–Kier alpha value is -1.61. The highest BCUT2D eigenvalue weighted by Gasteiger charge is 2.23. The topological polar surface area (TPSA) is 29.5 Å². The SMILES string of the molecule is C=C(C)CC(C(=O)N(C)OC)c1ccccc1. The number of nitrogens with zero attached hydrogens (tertiary/aromatic N) is 1. The molecule has 0 saturated carbocycles. The third kappa shape index (κ3) is 3.71. The summed E-state index contributed by atoms with van der Waals surface area (Å²) >= 11 is 0. The van der Waals surface area contributed by atoms with Gasteiger partial charge in [0.25, 0.3) is 5.91 Å². The second kappa shape index (κ2) is 6.21. The fourth-order valence-corrected chi connectivity index (χ4v) is 1.69. The molecule has 1 atom stereocenters. The van der Waals surface area contributed by atoms with Gasteiger partial charge < -0.3 is 0 Å². The molecule has 0 aromatic heterocycles. The fourth-order valence-electron chi connectivity index (χ4n) is 1.69. The minimum atomic E-state index is -0.223. The van der Waals surface area contributed by atoms with Gasteiger partial charge in [-0.15, -0.1) is 6.58 Å². The van der Waals surface area contributed by atoms with Crippen molar-refractivity contribution in [1.29, 1.82) is 0 Å². The molecule has 0 radical (unpaired) electrons. The summed E-state index contributed by atoms with van der Waals surface area (Å²) in [5, 5.41) is 1.26. The first-order valence-corrected chi connectivity index (χ1v) is 5.57. The molecule has 1 amide bonds. The Kier molecular flexibility index (Phi) is 4.91. The van der Waals surface area contributed by atoms with E-state index < -0.39 is 0 Å². The molecule has 0 saturated heterocycles. The van der Waals surface area contributed by atoms with Crippen molar-refractivity contribution in [2.24, 2.45) is 0 Å². The molecule has 0 spiro atoms. The molecular formula is C14H19NO2. The summed E-state index contributed by atoms with van der Waals surface area (Å²) in [4.78, 5) is 17.1. The van der Waals surface area contributed by atoms with Gasteiger partial charge in [0.05, 0.1) is 13.0 Å². The minimum absolute atomic E-state index is 0.0540. The van der Waals surface area contributed by atoms with Crippen LogP contribution in [0.1, 0.15) is 24.8 Å². The molecule has 0 aliphatic carbocycles. The van der Waals surface area contributed by atoms with Crippen molar-refractivity contribution < 1.29 is 9.63 Å². The van der Waals surface area contributed by atoms with Gasteiger partial charge in [-0.05, 0) is 18.9 Å². The molecule has 17 heavy (non-hydrogen) atoms. The van der Waals surface area contributed by atoms with E-state index in [0.29, 0.717) is 6.42 Å². The molecule has 92 valence electrons. The number of hydroxylamine groups is 2. The average molecular weight is 233 g/mol.